The van der Waals surface area contributed by atoms with Gasteiger partial charge in [0.2, 0.25) is 5.95 Å². The topological polar surface area (TPSA) is 89.1 Å². The maximum atomic E-state index is 12.3. The van der Waals surface area contributed by atoms with Crippen LogP contribution in [0.4, 0.5) is 11.6 Å². The lowest BCUT2D eigenvalue weighted by molar-refractivity contribution is 0.340. The summed E-state index contributed by atoms with van der Waals surface area (Å²) in [6.07, 6.45) is 0.400. The number of ether oxygens (including phenoxy) is 2. The number of aromatic amines is 1. The summed E-state index contributed by atoms with van der Waals surface area (Å²) in [4.78, 5) is 15.0. The van der Waals surface area contributed by atoms with Crippen molar-refractivity contribution in [1.29, 1.82) is 0 Å². The molecule has 0 aliphatic rings. The fraction of sp³-hybridized carbons (Fsp3) is 0.211. The molecule has 1 heterocycles. The second kappa shape index (κ2) is 8.15. The van der Waals surface area contributed by atoms with Crippen LogP contribution >= 0.6 is 0 Å². The zero-order valence-corrected chi connectivity index (χ0v) is 14.7. The fourth-order valence-corrected chi connectivity index (χ4v) is 2.41. The molecule has 0 unspecified atom stereocenters. The number of aromatic nitrogens is 3. The van der Waals surface area contributed by atoms with E-state index >= 15 is 0 Å². The maximum Gasteiger partial charge on any atom is 0.274 e. The summed E-state index contributed by atoms with van der Waals surface area (Å²) in [6, 6.07) is 14.9. The zero-order chi connectivity index (χ0) is 18.4. The van der Waals surface area contributed by atoms with Crippen molar-refractivity contribution in [3.05, 3.63) is 70.1 Å². The van der Waals surface area contributed by atoms with E-state index in [0.717, 1.165) is 22.7 Å². The first-order valence-electron chi connectivity index (χ1n) is 8.26. The number of hydrogen-bond acceptors (Lipinski definition) is 6. The van der Waals surface area contributed by atoms with Crippen LogP contribution < -0.4 is 20.3 Å². The molecule has 0 saturated carbocycles. The van der Waals surface area contributed by atoms with Gasteiger partial charge < -0.3 is 14.8 Å². The molecule has 0 aliphatic heterocycles. The molecule has 0 saturated heterocycles. The van der Waals surface area contributed by atoms with Crippen LogP contribution in [0.2, 0.25) is 0 Å². The maximum absolute atomic E-state index is 12.3. The summed E-state index contributed by atoms with van der Waals surface area (Å²) < 4.78 is 10.5. The third-order valence-electron chi connectivity index (χ3n) is 3.72. The van der Waals surface area contributed by atoms with Crippen molar-refractivity contribution >= 4 is 11.6 Å². The zero-order valence-electron chi connectivity index (χ0n) is 14.7. The van der Waals surface area contributed by atoms with E-state index in [0.29, 0.717) is 18.7 Å². The quantitative estimate of drug-likeness (QED) is 0.680. The molecule has 0 radical (unpaired) electrons. The van der Waals surface area contributed by atoms with E-state index in [2.05, 4.69) is 20.5 Å². The fourth-order valence-electron chi connectivity index (χ4n) is 2.41. The Balaban J connectivity index is 1.69. The highest BCUT2D eigenvalue weighted by Gasteiger charge is 2.07. The number of H-pyrrole nitrogens is 1. The summed E-state index contributed by atoms with van der Waals surface area (Å²) in [5, 5.41) is 11.1. The second-order valence-corrected chi connectivity index (χ2v) is 5.56. The molecule has 7 heteroatoms. The Labute approximate surface area is 151 Å². The largest absolute Gasteiger partial charge is 0.497 e. The standard InChI is InChI=1S/C19H20N4O3/c1-3-26-16-8-4-13(5-9-16)12-17-18(24)21-19(23-22-17)20-14-6-10-15(25-2)11-7-14/h4-11H,3,12H2,1-2H3,(H2,20,21,23,24). The summed E-state index contributed by atoms with van der Waals surface area (Å²) in [5.74, 6) is 1.84. The molecular weight excluding hydrogens is 332 g/mol. The molecule has 2 N–H and O–H groups in total. The summed E-state index contributed by atoms with van der Waals surface area (Å²) in [6.45, 7) is 2.55. The normalized spacial score (nSPS) is 10.4. The van der Waals surface area contributed by atoms with E-state index in [1.165, 1.54) is 0 Å². The summed E-state index contributed by atoms with van der Waals surface area (Å²) in [7, 11) is 1.61. The number of nitrogens with one attached hydrogen (secondary N) is 2. The lowest BCUT2D eigenvalue weighted by Crippen LogP contribution is -2.18. The third kappa shape index (κ3) is 4.38. The van der Waals surface area contributed by atoms with Crippen LogP contribution in [0, 0.1) is 0 Å². The van der Waals surface area contributed by atoms with Gasteiger partial charge in [-0.15, -0.1) is 10.2 Å². The predicted octanol–water partition coefficient (Wildman–Crippen LogP) is 2.91. The Morgan fingerprint density at radius 2 is 1.69 bits per heavy atom. The van der Waals surface area contributed by atoms with Crippen LogP contribution in [0.5, 0.6) is 11.5 Å². The van der Waals surface area contributed by atoms with Gasteiger partial charge in [-0.2, -0.15) is 0 Å². The molecule has 0 spiro atoms. The van der Waals surface area contributed by atoms with Gasteiger partial charge >= 0.3 is 0 Å². The van der Waals surface area contributed by atoms with E-state index in [4.69, 9.17) is 9.47 Å². The lowest BCUT2D eigenvalue weighted by atomic mass is 10.1. The first-order chi connectivity index (χ1) is 12.7. The average molecular weight is 352 g/mol. The number of hydrogen-bond donors (Lipinski definition) is 2. The van der Waals surface area contributed by atoms with Crippen LogP contribution in [0.3, 0.4) is 0 Å². The van der Waals surface area contributed by atoms with Crippen molar-refractivity contribution in [3.63, 3.8) is 0 Å². The molecule has 0 bridgehead atoms. The van der Waals surface area contributed by atoms with Gasteiger partial charge in [0.1, 0.15) is 17.2 Å². The average Bonchev–Trinajstić information content (AvgIpc) is 2.66. The molecule has 134 valence electrons. The first-order valence-corrected chi connectivity index (χ1v) is 8.26. The number of methoxy groups -OCH3 is 1. The van der Waals surface area contributed by atoms with Crippen molar-refractivity contribution in [2.45, 2.75) is 13.3 Å². The Hall–Kier alpha value is -3.35. The van der Waals surface area contributed by atoms with Gasteiger partial charge in [0.15, 0.2) is 0 Å². The van der Waals surface area contributed by atoms with Gasteiger partial charge in [0.05, 0.1) is 13.7 Å². The lowest BCUT2D eigenvalue weighted by Gasteiger charge is -2.07. The van der Waals surface area contributed by atoms with Crippen LogP contribution in [0.15, 0.2) is 53.3 Å². The number of benzene rings is 2. The molecule has 0 amide bonds. The van der Waals surface area contributed by atoms with Crippen molar-refractivity contribution in [2.24, 2.45) is 0 Å². The molecule has 2 aromatic carbocycles. The van der Waals surface area contributed by atoms with Crippen molar-refractivity contribution in [1.82, 2.24) is 15.2 Å². The van der Waals surface area contributed by atoms with E-state index < -0.39 is 0 Å². The Bertz CT molecular complexity index is 905. The monoisotopic (exact) mass is 352 g/mol. The minimum atomic E-state index is -0.273. The van der Waals surface area contributed by atoms with E-state index in [-0.39, 0.29) is 11.5 Å². The van der Waals surface area contributed by atoms with Gasteiger partial charge in [0.25, 0.3) is 5.56 Å². The van der Waals surface area contributed by atoms with Crippen molar-refractivity contribution in [3.8, 4) is 11.5 Å². The Morgan fingerprint density at radius 1 is 1.00 bits per heavy atom. The molecular formula is C19H20N4O3. The van der Waals surface area contributed by atoms with Crippen molar-refractivity contribution in [2.75, 3.05) is 19.0 Å². The van der Waals surface area contributed by atoms with E-state index in [1.807, 2.05) is 55.5 Å². The molecule has 0 aliphatic carbocycles. The summed E-state index contributed by atoms with van der Waals surface area (Å²) in [5.41, 5.74) is 1.82. The first kappa shape index (κ1) is 17.5. The number of rotatable bonds is 7. The van der Waals surface area contributed by atoms with Gasteiger partial charge in [-0.1, -0.05) is 12.1 Å². The van der Waals surface area contributed by atoms with Gasteiger partial charge in [0, 0.05) is 12.1 Å². The van der Waals surface area contributed by atoms with Crippen molar-refractivity contribution < 1.29 is 9.47 Å². The molecule has 3 rings (SSSR count). The molecule has 26 heavy (non-hydrogen) atoms. The van der Waals surface area contributed by atoms with Gasteiger partial charge in [-0.25, -0.2) is 0 Å². The highest BCUT2D eigenvalue weighted by molar-refractivity contribution is 5.54. The van der Waals surface area contributed by atoms with Crippen LogP contribution in [0.1, 0.15) is 18.2 Å². The highest BCUT2D eigenvalue weighted by Crippen LogP contribution is 2.17. The minimum Gasteiger partial charge on any atom is -0.497 e. The molecule has 7 nitrogen and oxygen atoms in total. The van der Waals surface area contributed by atoms with E-state index in [1.54, 1.807) is 7.11 Å². The molecule has 0 fully saturated rings. The predicted molar refractivity (Wildman–Crippen MR) is 99.3 cm³/mol. The van der Waals surface area contributed by atoms with E-state index in [9.17, 15) is 4.79 Å². The van der Waals surface area contributed by atoms with Crippen LogP contribution in [-0.2, 0) is 6.42 Å². The van der Waals surface area contributed by atoms with Gasteiger partial charge in [-0.05, 0) is 48.9 Å². The highest BCUT2D eigenvalue weighted by atomic mass is 16.5. The molecule has 0 atom stereocenters. The Morgan fingerprint density at radius 3 is 2.31 bits per heavy atom. The minimum absolute atomic E-state index is 0.273. The number of nitrogens with zero attached hydrogens (tertiary/aromatic N) is 2. The van der Waals surface area contributed by atoms with Crippen LogP contribution in [0.25, 0.3) is 0 Å². The molecule has 1 aromatic heterocycles. The molecule has 3 aromatic rings. The van der Waals surface area contributed by atoms with Crippen LogP contribution in [-0.4, -0.2) is 28.9 Å². The number of anilines is 2. The third-order valence-corrected chi connectivity index (χ3v) is 3.72. The Kier molecular flexibility index (Phi) is 5.48. The van der Waals surface area contributed by atoms with Gasteiger partial charge in [-0.3, -0.25) is 9.78 Å². The SMILES string of the molecule is CCOc1ccc(Cc2nnc(Nc3ccc(OC)cc3)[nH]c2=O)cc1. The smallest absolute Gasteiger partial charge is 0.274 e. The second-order valence-electron chi connectivity index (χ2n) is 5.56. The summed E-state index contributed by atoms with van der Waals surface area (Å²) >= 11 is 0.